The second kappa shape index (κ2) is 10.0. The molecular weight excluding hydrogens is 488 g/mol. The second-order valence-electron chi connectivity index (χ2n) is 10.1. The SMILES string of the molecule is COc1ccc(C(C)(C)c2csc(NC(=O)NCc3ccc(N4CC5CC4CN5)c(C(N)=O)c3)n2)cc1. The van der Waals surface area contributed by atoms with Crippen LogP contribution in [0.2, 0.25) is 0 Å². The van der Waals surface area contributed by atoms with Gasteiger partial charge < -0.3 is 26.0 Å². The molecule has 0 radical (unpaired) electrons. The lowest BCUT2D eigenvalue weighted by Crippen LogP contribution is -2.44. The molecule has 2 saturated heterocycles. The third kappa shape index (κ3) is 5.12. The predicted molar refractivity (Wildman–Crippen MR) is 146 cm³/mol. The maximum Gasteiger partial charge on any atom is 0.321 e. The van der Waals surface area contributed by atoms with E-state index in [1.54, 1.807) is 13.2 Å². The molecule has 0 aliphatic carbocycles. The van der Waals surface area contributed by atoms with Gasteiger partial charge in [0.25, 0.3) is 5.91 Å². The standard InChI is InChI=1S/C27H32N6O3S/c1-27(2,17-5-7-20(36-3)8-6-17)23-15-37-26(31-23)32-25(35)30-12-16-4-9-22(21(10-16)24(28)34)33-14-18-11-19(33)13-29-18/h4-10,15,18-19,29H,11-14H2,1-3H3,(H2,28,34)(H2,30,31,32,35). The monoisotopic (exact) mass is 520 g/mol. The fourth-order valence-electron chi connectivity index (χ4n) is 5.09. The molecule has 3 heterocycles. The Labute approximate surface area is 220 Å². The molecule has 37 heavy (non-hydrogen) atoms. The van der Waals surface area contributed by atoms with Crippen LogP contribution in [0.1, 0.15) is 47.4 Å². The van der Waals surface area contributed by atoms with Gasteiger partial charge in [-0.25, -0.2) is 9.78 Å². The summed E-state index contributed by atoms with van der Waals surface area (Å²) < 4.78 is 5.25. The zero-order valence-electron chi connectivity index (χ0n) is 21.2. The lowest BCUT2D eigenvalue weighted by Gasteiger charge is -2.31. The van der Waals surface area contributed by atoms with E-state index in [0.717, 1.165) is 47.8 Å². The number of nitrogens with two attached hydrogens (primary N) is 1. The van der Waals surface area contributed by atoms with Gasteiger partial charge in [-0.1, -0.05) is 32.0 Å². The molecular formula is C27H32N6O3S. The summed E-state index contributed by atoms with van der Waals surface area (Å²) in [5.74, 6) is 0.335. The molecule has 3 amide bonds. The van der Waals surface area contributed by atoms with Crippen molar-refractivity contribution in [3.05, 3.63) is 70.2 Å². The molecule has 5 N–H and O–H groups in total. The molecule has 10 heteroatoms. The summed E-state index contributed by atoms with van der Waals surface area (Å²) in [5, 5.41) is 11.6. The second-order valence-corrected chi connectivity index (χ2v) is 10.9. The van der Waals surface area contributed by atoms with Crippen LogP contribution in [0, 0.1) is 0 Å². The van der Waals surface area contributed by atoms with Gasteiger partial charge in [-0.2, -0.15) is 0 Å². The van der Waals surface area contributed by atoms with Crippen molar-refractivity contribution >= 4 is 34.1 Å². The summed E-state index contributed by atoms with van der Waals surface area (Å²) >= 11 is 1.38. The Morgan fingerprint density at radius 3 is 2.68 bits per heavy atom. The molecule has 194 valence electrons. The Hall–Kier alpha value is -3.63. The van der Waals surface area contributed by atoms with Crippen LogP contribution in [-0.2, 0) is 12.0 Å². The molecule has 9 nitrogen and oxygen atoms in total. The van der Waals surface area contributed by atoms with Crippen molar-refractivity contribution in [1.29, 1.82) is 0 Å². The number of piperazine rings is 1. The van der Waals surface area contributed by atoms with Crippen LogP contribution in [0.5, 0.6) is 5.75 Å². The zero-order chi connectivity index (χ0) is 26.2. The number of fused-ring (bicyclic) bond motifs is 2. The van der Waals surface area contributed by atoms with Crippen LogP contribution < -0.4 is 31.3 Å². The number of carbonyl (C=O) groups excluding carboxylic acids is 2. The number of hydrogen-bond donors (Lipinski definition) is 4. The number of methoxy groups -OCH3 is 1. The minimum absolute atomic E-state index is 0.260. The number of aromatic nitrogens is 1. The number of hydrogen-bond acceptors (Lipinski definition) is 7. The van der Waals surface area contributed by atoms with Crippen molar-refractivity contribution in [1.82, 2.24) is 15.6 Å². The quantitative estimate of drug-likeness (QED) is 0.361. The number of primary amides is 1. The largest absolute Gasteiger partial charge is 0.497 e. The van der Waals surface area contributed by atoms with Crippen molar-refractivity contribution in [2.75, 3.05) is 30.4 Å². The van der Waals surface area contributed by atoms with Crippen LogP contribution in [0.15, 0.2) is 47.8 Å². The molecule has 3 aromatic rings. The number of urea groups is 1. The van der Waals surface area contributed by atoms with Gasteiger partial charge >= 0.3 is 6.03 Å². The predicted octanol–water partition coefficient (Wildman–Crippen LogP) is 3.45. The normalized spacial score (nSPS) is 18.6. The number of carbonyl (C=O) groups is 2. The third-order valence-corrected chi connectivity index (χ3v) is 8.08. The number of anilines is 2. The number of ether oxygens (including phenoxy) is 1. The van der Waals surface area contributed by atoms with Gasteiger partial charge in [0, 0.05) is 48.2 Å². The van der Waals surface area contributed by atoms with Crippen molar-refractivity contribution in [2.45, 2.75) is 44.3 Å². The average molecular weight is 521 g/mol. The molecule has 2 aliphatic rings. The number of nitrogens with zero attached hydrogens (tertiary/aromatic N) is 2. The van der Waals surface area contributed by atoms with E-state index in [1.165, 1.54) is 11.3 Å². The maximum absolute atomic E-state index is 12.6. The highest BCUT2D eigenvalue weighted by molar-refractivity contribution is 7.13. The van der Waals surface area contributed by atoms with Crippen LogP contribution in [0.25, 0.3) is 0 Å². The van der Waals surface area contributed by atoms with E-state index >= 15 is 0 Å². The molecule has 2 fully saturated rings. The summed E-state index contributed by atoms with van der Waals surface area (Å²) in [5.41, 5.74) is 9.49. The molecule has 2 bridgehead atoms. The summed E-state index contributed by atoms with van der Waals surface area (Å²) in [6.07, 6.45) is 1.08. The molecule has 2 aromatic carbocycles. The fraction of sp³-hybridized carbons (Fsp3) is 0.370. The number of amides is 3. The molecule has 2 aliphatic heterocycles. The Bertz CT molecular complexity index is 1310. The van der Waals surface area contributed by atoms with E-state index in [1.807, 2.05) is 41.8 Å². The van der Waals surface area contributed by atoms with E-state index in [-0.39, 0.29) is 18.0 Å². The van der Waals surface area contributed by atoms with Crippen molar-refractivity contribution in [2.24, 2.45) is 5.73 Å². The zero-order valence-corrected chi connectivity index (χ0v) is 22.0. The van der Waals surface area contributed by atoms with Gasteiger partial charge in [-0.05, 0) is 41.8 Å². The first-order valence-corrected chi connectivity index (χ1v) is 13.2. The topological polar surface area (TPSA) is 122 Å². The molecule has 5 rings (SSSR count). The molecule has 2 unspecified atom stereocenters. The number of rotatable bonds is 8. The van der Waals surface area contributed by atoms with Crippen molar-refractivity contribution < 1.29 is 14.3 Å². The number of benzene rings is 2. The van der Waals surface area contributed by atoms with E-state index in [9.17, 15) is 9.59 Å². The van der Waals surface area contributed by atoms with E-state index in [0.29, 0.717) is 22.8 Å². The summed E-state index contributed by atoms with van der Waals surface area (Å²) in [6.45, 7) is 6.24. The van der Waals surface area contributed by atoms with Crippen LogP contribution >= 0.6 is 11.3 Å². The number of nitrogens with one attached hydrogen (secondary N) is 3. The molecule has 0 spiro atoms. The molecule has 0 saturated carbocycles. The first-order chi connectivity index (χ1) is 17.7. The van der Waals surface area contributed by atoms with Gasteiger partial charge in [0.15, 0.2) is 5.13 Å². The minimum atomic E-state index is -0.466. The van der Waals surface area contributed by atoms with Crippen LogP contribution in [0.4, 0.5) is 15.6 Å². The van der Waals surface area contributed by atoms with Crippen LogP contribution in [0.3, 0.4) is 0 Å². The Kier molecular flexibility index (Phi) is 6.78. The van der Waals surface area contributed by atoms with Gasteiger partial charge in [0.1, 0.15) is 5.75 Å². The van der Waals surface area contributed by atoms with E-state index in [4.69, 9.17) is 10.5 Å². The maximum atomic E-state index is 12.6. The van der Waals surface area contributed by atoms with Crippen LogP contribution in [-0.4, -0.2) is 49.2 Å². The first-order valence-electron chi connectivity index (χ1n) is 12.3. The number of thiazole rings is 1. The van der Waals surface area contributed by atoms with E-state index < -0.39 is 5.91 Å². The van der Waals surface area contributed by atoms with Gasteiger partial charge in [-0.15, -0.1) is 11.3 Å². The highest BCUT2D eigenvalue weighted by Gasteiger charge is 2.38. The van der Waals surface area contributed by atoms with Crippen molar-refractivity contribution in [3.8, 4) is 5.75 Å². The lowest BCUT2D eigenvalue weighted by atomic mass is 9.82. The summed E-state index contributed by atoms with van der Waals surface area (Å²) in [4.78, 5) is 31.7. The van der Waals surface area contributed by atoms with E-state index in [2.05, 4.69) is 39.7 Å². The average Bonchev–Trinajstić information content (AvgIpc) is 3.65. The minimum Gasteiger partial charge on any atom is -0.497 e. The Morgan fingerprint density at radius 1 is 1.24 bits per heavy atom. The third-order valence-electron chi connectivity index (χ3n) is 7.32. The smallest absolute Gasteiger partial charge is 0.321 e. The first kappa shape index (κ1) is 25.0. The highest BCUT2D eigenvalue weighted by atomic mass is 32.1. The van der Waals surface area contributed by atoms with Crippen molar-refractivity contribution in [3.63, 3.8) is 0 Å². The van der Waals surface area contributed by atoms with Gasteiger partial charge in [0.05, 0.1) is 18.4 Å². The Morgan fingerprint density at radius 2 is 2.03 bits per heavy atom. The lowest BCUT2D eigenvalue weighted by molar-refractivity contribution is 0.100. The molecule has 1 aromatic heterocycles. The van der Waals surface area contributed by atoms with Gasteiger partial charge in [-0.3, -0.25) is 10.1 Å². The fourth-order valence-corrected chi connectivity index (χ4v) is 5.97. The highest BCUT2D eigenvalue weighted by Crippen LogP contribution is 2.35. The summed E-state index contributed by atoms with van der Waals surface area (Å²) in [7, 11) is 1.64. The molecule has 2 atom stereocenters. The summed E-state index contributed by atoms with van der Waals surface area (Å²) in [6, 6.07) is 14.0. The van der Waals surface area contributed by atoms with Gasteiger partial charge in [0.2, 0.25) is 0 Å². The Balaban J connectivity index is 1.21.